The zero-order valence-electron chi connectivity index (χ0n) is 7.73. The van der Waals surface area contributed by atoms with Gasteiger partial charge in [0.25, 0.3) is 0 Å². The van der Waals surface area contributed by atoms with Crippen LogP contribution in [0.25, 0.3) is 0 Å². The van der Waals surface area contributed by atoms with Gasteiger partial charge >= 0.3 is 0 Å². The van der Waals surface area contributed by atoms with Crippen LogP contribution in [0.3, 0.4) is 0 Å². The van der Waals surface area contributed by atoms with Gasteiger partial charge in [0.1, 0.15) is 0 Å². The number of thioether (sulfide) groups is 1. The molecule has 0 saturated heterocycles. The van der Waals surface area contributed by atoms with E-state index in [1.807, 2.05) is 12.1 Å². The van der Waals surface area contributed by atoms with Gasteiger partial charge in [-0.15, -0.1) is 11.8 Å². The highest BCUT2D eigenvalue weighted by atomic mass is 32.2. The molecule has 1 aromatic carbocycles. The summed E-state index contributed by atoms with van der Waals surface area (Å²) in [5.74, 6) is 0.525. The lowest BCUT2D eigenvalue weighted by Gasteiger charge is -2.09. The average Bonchev–Trinajstić information content (AvgIpc) is 3.00. The zero-order valence-corrected chi connectivity index (χ0v) is 8.55. The number of hydrogen-bond acceptors (Lipinski definition) is 2. The minimum Gasteiger partial charge on any atom is -0.388 e. The van der Waals surface area contributed by atoms with Crippen molar-refractivity contribution in [2.45, 2.75) is 23.8 Å². The number of benzene rings is 1. The Morgan fingerprint density at radius 3 is 2.85 bits per heavy atom. The monoisotopic (exact) mass is 194 g/mol. The van der Waals surface area contributed by atoms with E-state index in [4.69, 9.17) is 0 Å². The quantitative estimate of drug-likeness (QED) is 0.747. The highest BCUT2D eigenvalue weighted by molar-refractivity contribution is 7.98. The molecule has 2 rings (SSSR count). The molecule has 2 heteroatoms. The van der Waals surface area contributed by atoms with Crippen molar-refractivity contribution in [3.05, 3.63) is 29.8 Å². The first-order valence-electron chi connectivity index (χ1n) is 4.63. The topological polar surface area (TPSA) is 20.2 Å². The van der Waals surface area contributed by atoms with Crippen LogP contribution in [0.1, 0.15) is 24.5 Å². The second-order valence-corrected chi connectivity index (χ2v) is 4.44. The first kappa shape index (κ1) is 9.10. The largest absolute Gasteiger partial charge is 0.388 e. The fourth-order valence-corrected chi connectivity index (χ4v) is 1.98. The fourth-order valence-electron chi connectivity index (χ4n) is 1.51. The molecule has 1 aliphatic carbocycles. The van der Waals surface area contributed by atoms with Gasteiger partial charge in [-0.1, -0.05) is 12.1 Å². The first-order chi connectivity index (χ1) is 6.31. The zero-order chi connectivity index (χ0) is 9.26. The van der Waals surface area contributed by atoms with Crippen LogP contribution in [-0.4, -0.2) is 11.4 Å². The van der Waals surface area contributed by atoms with E-state index in [-0.39, 0.29) is 6.10 Å². The lowest BCUT2D eigenvalue weighted by Crippen LogP contribution is -1.98. The molecule has 13 heavy (non-hydrogen) atoms. The van der Waals surface area contributed by atoms with Crippen molar-refractivity contribution in [3.8, 4) is 0 Å². The average molecular weight is 194 g/mol. The molecule has 0 spiro atoms. The molecule has 70 valence electrons. The number of hydrogen-bond donors (Lipinski definition) is 1. The van der Waals surface area contributed by atoms with Gasteiger partial charge in [-0.2, -0.15) is 0 Å². The summed E-state index contributed by atoms with van der Waals surface area (Å²) < 4.78 is 0. The van der Waals surface area contributed by atoms with Crippen LogP contribution in [0.4, 0.5) is 0 Å². The Morgan fingerprint density at radius 1 is 1.46 bits per heavy atom. The number of aliphatic hydroxyl groups excluding tert-OH is 1. The fraction of sp³-hybridized carbons (Fsp3) is 0.455. The molecule has 1 fully saturated rings. The maximum atomic E-state index is 9.87. The Morgan fingerprint density at radius 2 is 2.23 bits per heavy atom. The molecule has 1 aliphatic rings. The summed E-state index contributed by atoms with van der Waals surface area (Å²) >= 11 is 1.72. The van der Waals surface area contributed by atoms with E-state index < -0.39 is 0 Å². The molecule has 0 radical (unpaired) electrons. The summed E-state index contributed by atoms with van der Waals surface area (Å²) in [5.41, 5.74) is 1.08. The van der Waals surface area contributed by atoms with E-state index in [9.17, 15) is 5.11 Å². The molecule has 1 unspecified atom stereocenters. The summed E-state index contributed by atoms with van der Waals surface area (Å²) in [6.45, 7) is 0. The van der Waals surface area contributed by atoms with Crippen LogP contribution in [0, 0.1) is 5.92 Å². The second-order valence-electron chi connectivity index (χ2n) is 3.56. The molecule has 0 bridgehead atoms. The molecule has 1 aromatic rings. The van der Waals surface area contributed by atoms with Gasteiger partial charge in [-0.3, -0.25) is 0 Å². The van der Waals surface area contributed by atoms with Crippen molar-refractivity contribution < 1.29 is 5.11 Å². The molecule has 0 amide bonds. The van der Waals surface area contributed by atoms with E-state index >= 15 is 0 Å². The molecule has 0 aromatic heterocycles. The maximum absolute atomic E-state index is 9.87. The highest BCUT2D eigenvalue weighted by Gasteiger charge is 2.30. The second kappa shape index (κ2) is 3.72. The lowest BCUT2D eigenvalue weighted by atomic mass is 10.1. The van der Waals surface area contributed by atoms with Crippen molar-refractivity contribution in [1.29, 1.82) is 0 Å². The molecule has 0 aliphatic heterocycles. The molecule has 1 nitrogen and oxygen atoms in total. The Balaban J connectivity index is 2.18. The third-order valence-corrected chi connectivity index (χ3v) is 3.23. The number of aliphatic hydroxyl groups is 1. The molecule has 1 atom stereocenters. The maximum Gasteiger partial charge on any atom is 0.0818 e. The molecule has 1 saturated carbocycles. The molecular weight excluding hydrogens is 180 g/mol. The number of rotatable bonds is 3. The van der Waals surface area contributed by atoms with E-state index in [1.54, 1.807) is 11.8 Å². The van der Waals surface area contributed by atoms with Crippen LogP contribution in [0.5, 0.6) is 0 Å². The van der Waals surface area contributed by atoms with Gasteiger partial charge in [0.05, 0.1) is 6.10 Å². The Kier molecular flexibility index (Phi) is 2.61. The molecule has 1 N–H and O–H groups in total. The Labute approximate surface area is 83.2 Å². The van der Waals surface area contributed by atoms with E-state index in [1.165, 1.54) is 17.7 Å². The summed E-state index contributed by atoms with van der Waals surface area (Å²) in [7, 11) is 0. The highest BCUT2D eigenvalue weighted by Crippen LogP contribution is 2.41. The summed E-state index contributed by atoms with van der Waals surface area (Å²) in [6, 6.07) is 8.21. The lowest BCUT2D eigenvalue weighted by molar-refractivity contribution is 0.153. The van der Waals surface area contributed by atoms with Crippen molar-refractivity contribution in [3.63, 3.8) is 0 Å². The summed E-state index contributed by atoms with van der Waals surface area (Å²) in [5, 5.41) is 9.87. The van der Waals surface area contributed by atoms with Gasteiger partial charge < -0.3 is 5.11 Å². The molecular formula is C11H14OS. The van der Waals surface area contributed by atoms with Gasteiger partial charge in [0.15, 0.2) is 0 Å². The Hall–Kier alpha value is -0.470. The molecule has 0 heterocycles. The van der Waals surface area contributed by atoms with Gasteiger partial charge in [0.2, 0.25) is 0 Å². The smallest absolute Gasteiger partial charge is 0.0818 e. The van der Waals surface area contributed by atoms with Gasteiger partial charge in [0, 0.05) is 4.90 Å². The van der Waals surface area contributed by atoms with E-state index in [0.717, 1.165) is 5.56 Å². The van der Waals surface area contributed by atoms with Crippen molar-refractivity contribution in [2.24, 2.45) is 5.92 Å². The first-order valence-corrected chi connectivity index (χ1v) is 5.86. The van der Waals surface area contributed by atoms with Gasteiger partial charge in [-0.05, 0) is 42.7 Å². The summed E-state index contributed by atoms with van der Waals surface area (Å²) in [4.78, 5) is 1.23. The van der Waals surface area contributed by atoms with Crippen LogP contribution < -0.4 is 0 Å². The van der Waals surface area contributed by atoms with Crippen LogP contribution >= 0.6 is 11.8 Å². The van der Waals surface area contributed by atoms with Crippen molar-refractivity contribution >= 4 is 11.8 Å². The minimum atomic E-state index is -0.230. The Bertz CT molecular complexity index is 294. The van der Waals surface area contributed by atoms with E-state index in [0.29, 0.717) is 5.92 Å². The standard InChI is InChI=1S/C11H14OS/c1-13-10-4-2-3-9(7-10)11(12)8-5-6-8/h2-4,7-8,11-12H,5-6H2,1H3. The third kappa shape index (κ3) is 2.06. The van der Waals surface area contributed by atoms with Gasteiger partial charge in [-0.25, -0.2) is 0 Å². The SMILES string of the molecule is CSc1cccc(C(O)C2CC2)c1. The minimum absolute atomic E-state index is 0.230. The predicted octanol–water partition coefficient (Wildman–Crippen LogP) is 2.85. The van der Waals surface area contributed by atoms with Crippen molar-refractivity contribution in [1.82, 2.24) is 0 Å². The third-order valence-electron chi connectivity index (χ3n) is 2.50. The normalized spacial score (nSPS) is 18.6. The predicted molar refractivity (Wildman–Crippen MR) is 55.9 cm³/mol. The van der Waals surface area contributed by atoms with Crippen LogP contribution in [-0.2, 0) is 0 Å². The van der Waals surface area contributed by atoms with Crippen LogP contribution in [0.2, 0.25) is 0 Å². The van der Waals surface area contributed by atoms with E-state index in [2.05, 4.69) is 18.4 Å². The van der Waals surface area contributed by atoms with Crippen LogP contribution in [0.15, 0.2) is 29.2 Å². The summed E-state index contributed by atoms with van der Waals surface area (Å²) in [6.07, 6.45) is 4.20. The van der Waals surface area contributed by atoms with Crippen molar-refractivity contribution in [2.75, 3.05) is 6.26 Å².